The number of anilines is 3. The van der Waals surface area contributed by atoms with Crippen molar-refractivity contribution in [3.05, 3.63) is 78.4 Å². The Kier molecular flexibility index (Phi) is 7.12. The molecule has 3 aromatic heterocycles. The Morgan fingerprint density at radius 3 is 2.56 bits per heavy atom. The van der Waals surface area contributed by atoms with Crippen LogP contribution in [0.25, 0.3) is 11.2 Å². The van der Waals surface area contributed by atoms with Crippen molar-refractivity contribution in [2.24, 2.45) is 11.7 Å². The first-order valence-electron chi connectivity index (χ1n) is 11.2. The molecule has 0 unspecified atom stereocenters. The van der Waals surface area contributed by atoms with Gasteiger partial charge in [-0.1, -0.05) is 31.2 Å². The van der Waals surface area contributed by atoms with E-state index in [0.717, 1.165) is 12.1 Å². The summed E-state index contributed by atoms with van der Waals surface area (Å²) in [7, 11) is 0. The predicted octanol–water partition coefficient (Wildman–Crippen LogP) is 3.95. The molecule has 0 fully saturated rings. The summed E-state index contributed by atoms with van der Waals surface area (Å²) in [6, 6.07) is 11.9. The molecule has 0 spiro atoms. The molecule has 4 rings (SSSR count). The number of nitrogens with zero attached hydrogens (tertiary/aromatic N) is 4. The first-order chi connectivity index (χ1) is 16.5. The van der Waals surface area contributed by atoms with Gasteiger partial charge in [0.1, 0.15) is 5.52 Å². The number of nitrogens with two attached hydrogens (primary N) is 1. The van der Waals surface area contributed by atoms with E-state index >= 15 is 0 Å². The van der Waals surface area contributed by atoms with E-state index in [4.69, 9.17) is 5.73 Å². The molecule has 1 aromatic carbocycles. The first kappa shape index (κ1) is 22.9. The molecule has 0 saturated heterocycles. The molecular formula is C25H28N8O. The predicted molar refractivity (Wildman–Crippen MR) is 134 cm³/mol. The van der Waals surface area contributed by atoms with E-state index in [2.05, 4.69) is 47.7 Å². The number of nitrogens with one attached hydrogen (secondary N) is 3. The summed E-state index contributed by atoms with van der Waals surface area (Å²) in [5, 5.41) is 6.62. The highest BCUT2D eigenvalue weighted by Gasteiger charge is 2.20. The maximum absolute atomic E-state index is 11.7. The third kappa shape index (κ3) is 5.74. The van der Waals surface area contributed by atoms with E-state index in [1.165, 1.54) is 11.1 Å². The molecule has 1 amide bonds. The number of carbonyl (C=O) groups is 1. The van der Waals surface area contributed by atoms with Gasteiger partial charge in [0.25, 0.3) is 0 Å². The highest BCUT2D eigenvalue weighted by atomic mass is 16.1. The van der Waals surface area contributed by atoms with Gasteiger partial charge in [0.05, 0.1) is 6.33 Å². The number of fused-ring (bicyclic) bond motifs is 1. The lowest BCUT2D eigenvalue weighted by atomic mass is 9.98. The standard InChI is InChI=1S/C25H28N8O/c1-3-4-16(2)20(14-21(26)34)31-24-22-23(29-15-28-22)32-25(33-24)30-19-7-5-17(6-8-19)13-18-9-11-27-12-10-18/h3-12,15-16,20H,13-14H2,1-2H3,(H2,26,34)(H3,28,29,30,31,32,33)/b4-3-/t16-,20+/m1/s1. The summed E-state index contributed by atoms with van der Waals surface area (Å²) >= 11 is 0. The van der Waals surface area contributed by atoms with Crippen LogP contribution in [0.4, 0.5) is 17.5 Å². The topological polar surface area (TPSA) is 134 Å². The van der Waals surface area contributed by atoms with Crippen molar-refractivity contribution in [3.63, 3.8) is 0 Å². The minimum absolute atomic E-state index is 0.0646. The molecule has 9 heteroatoms. The van der Waals surface area contributed by atoms with Gasteiger partial charge in [0.2, 0.25) is 11.9 Å². The number of rotatable bonds is 10. The fourth-order valence-corrected chi connectivity index (χ4v) is 3.76. The quantitative estimate of drug-likeness (QED) is 0.265. The van der Waals surface area contributed by atoms with E-state index in [0.29, 0.717) is 22.9 Å². The smallest absolute Gasteiger partial charge is 0.231 e. The zero-order valence-corrected chi connectivity index (χ0v) is 19.2. The molecule has 0 aliphatic carbocycles. The monoisotopic (exact) mass is 456 g/mol. The maximum Gasteiger partial charge on any atom is 0.231 e. The number of primary amides is 1. The van der Waals surface area contributed by atoms with Crippen molar-refractivity contribution in [1.29, 1.82) is 0 Å². The summed E-state index contributed by atoms with van der Waals surface area (Å²) in [4.78, 5) is 32.3. The molecular weight excluding hydrogens is 428 g/mol. The zero-order valence-electron chi connectivity index (χ0n) is 19.2. The molecule has 0 saturated carbocycles. The lowest BCUT2D eigenvalue weighted by Crippen LogP contribution is -2.32. The first-order valence-corrected chi connectivity index (χ1v) is 11.2. The van der Waals surface area contributed by atoms with Gasteiger partial charge in [0.15, 0.2) is 11.5 Å². The van der Waals surface area contributed by atoms with Crippen molar-refractivity contribution >= 4 is 34.5 Å². The summed E-state index contributed by atoms with van der Waals surface area (Å²) in [6.45, 7) is 3.97. The average Bonchev–Trinajstić information content (AvgIpc) is 3.29. The van der Waals surface area contributed by atoms with Crippen LogP contribution in [0.3, 0.4) is 0 Å². The van der Waals surface area contributed by atoms with Crippen LogP contribution in [0, 0.1) is 5.92 Å². The number of allylic oxidation sites excluding steroid dienone is 1. The average molecular weight is 457 g/mol. The fourth-order valence-electron chi connectivity index (χ4n) is 3.76. The van der Waals surface area contributed by atoms with Crippen molar-refractivity contribution in [1.82, 2.24) is 24.9 Å². The number of carbonyl (C=O) groups excluding carboxylic acids is 1. The van der Waals surface area contributed by atoms with Crippen molar-refractivity contribution in [3.8, 4) is 0 Å². The number of hydrogen-bond donors (Lipinski definition) is 4. The van der Waals surface area contributed by atoms with Crippen molar-refractivity contribution in [2.45, 2.75) is 32.7 Å². The van der Waals surface area contributed by atoms with Crippen LogP contribution in [0.15, 0.2) is 67.3 Å². The van der Waals surface area contributed by atoms with Gasteiger partial charge < -0.3 is 21.4 Å². The Hall–Kier alpha value is -4.27. The molecule has 0 bridgehead atoms. The molecule has 9 nitrogen and oxygen atoms in total. The minimum atomic E-state index is -0.381. The highest BCUT2D eigenvalue weighted by Crippen LogP contribution is 2.24. The van der Waals surface area contributed by atoms with E-state index in [1.54, 1.807) is 18.7 Å². The van der Waals surface area contributed by atoms with Gasteiger partial charge in [-0.2, -0.15) is 9.97 Å². The third-order valence-electron chi connectivity index (χ3n) is 5.53. The number of hydrogen-bond acceptors (Lipinski definition) is 7. The summed E-state index contributed by atoms with van der Waals surface area (Å²) in [6.07, 6.45) is 10.2. The van der Waals surface area contributed by atoms with Crippen LogP contribution in [-0.4, -0.2) is 36.9 Å². The lowest BCUT2D eigenvalue weighted by Gasteiger charge is -2.23. The number of imidazole rings is 1. The van der Waals surface area contributed by atoms with Crippen molar-refractivity contribution < 1.29 is 4.79 Å². The van der Waals surface area contributed by atoms with Gasteiger partial charge in [-0.3, -0.25) is 9.78 Å². The van der Waals surface area contributed by atoms with E-state index in [-0.39, 0.29) is 24.3 Å². The third-order valence-corrected chi connectivity index (χ3v) is 5.53. The number of H-pyrrole nitrogens is 1. The van der Waals surface area contributed by atoms with Gasteiger partial charge in [-0.25, -0.2) is 4.98 Å². The second kappa shape index (κ2) is 10.6. The van der Waals surface area contributed by atoms with E-state index in [9.17, 15) is 4.79 Å². The van der Waals surface area contributed by atoms with Crippen LogP contribution in [-0.2, 0) is 11.2 Å². The van der Waals surface area contributed by atoms with Gasteiger partial charge in [0, 0.05) is 30.5 Å². The Morgan fingerprint density at radius 1 is 1.12 bits per heavy atom. The molecule has 0 aliphatic heterocycles. The summed E-state index contributed by atoms with van der Waals surface area (Å²) in [5.74, 6) is 0.645. The van der Waals surface area contributed by atoms with E-state index in [1.807, 2.05) is 50.3 Å². The molecule has 0 aliphatic rings. The Balaban J connectivity index is 1.55. The summed E-state index contributed by atoms with van der Waals surface area (Å²) < 4.78 is 0. The summed E-state index contributed by atoms with van der Waals surface area (Å²) in [5.41, 5.74) is 9.93. The molecule has 5 N–H and O–H groups in total. The lowest BCUT2D eigenvalue weighted by molar-refractivity contribution is -0.118. The largest absolute Gasteiger partial charge is 0.370 e. The van der Waals surface area contributed by atoms with Crippen LogP contribution in [0.2, 0.25) is 0 Å². The SMILES string of the molecule is C/C=C\[C@@H](C)[C@H](CC(N)=O)Nc1nc(Nc2ccc(Cc3ccncc3)cc2)nc2nc[nH]c12. The Labute approximate surface area is 198 Å². The van der Waals surface area contributed by atoms with Crippen LogP contribution < -0.4 is 16.4 Å². The second-order valence-corrected chi connectivity index (χ2v) is 8.16. The number of aromatic nitrogens is 5. The molecule has 3 heterocycles. The Bertz CT molecular complexity index is 1270. The van der Waals surface area contributed by atoms with Gasteiger partial charge in [-0.05, 0) is 54.7 Å². The fraction of sp³-hybridized carbons (Fsp3) is 0.240. The van der Waals surface area contributed by atoms with Crippen molar-refractivity contribution in [2.75, 3.05) is 10.6 Å². The molecule has 34 heavy (non-hydrogen) atoms. The maximum atomic E-state index is 11.7. The molecule has 174 valence electrons. The second-order valence-electron chi connectivity index (χ2n) is 8.16. The number of amides is 1. The van der Waals surface area contributed by atoms with Gasteiger partial charge in [-0.15, -0.1) is 0 Å². The molecule has 2 atom stereocenters. The highest BCUT2D eigenvalue weighted by molar-refractivity contribution is 5.84. The zero-order chi connectivity index (χ0) is 23.9. The molecule has 0 radical (unpaired) electrons. The normalized spacial score (nSPS) is 13.1. The van der Waals surface area contributed by atoms with Crippen LogP contribution in [0.1, 0.15) is 31.4 Å². The number of pyridine rings is 1. The minimum Gasteiger partial charge on any atom is -0.370 e. The number of benzene rings is 1. The van der Waals surface area contributed by atoms with E-state index < -0.39 is 0 Å². The number of aromatic amines is 1. The molecule has 4 aromatic rings. The van der Waals surface area contributed by atoms with Crippen LogP contribution in [0.5, 0.6) is 0 Å². The van der Waals surface area contributed by atoms with Gasteiger partial charge >= 0.3 is 0 Å². The van der Waals surface area contributed by atoms with Crippen LogP contribution >= 0.6 is 0 Å². The Morgan fingerprint density at radius 2 is 1.85 bits per heavy atom.